The molecule has 1 atom stereocenters. The SMILES string of the molecule is O=C(CSCc1coc(-c2ccccc2)n1)N(C1CC1)C1CCS(=O)(=O)C1. The lowest BCUT2D eigenvalue weighted by Crippen LogP contribution is -2.43. The molecule has 1 unspecified atom stereocenters. The van der Waals surface area contributed by atoms with E-state index in [0.717, 1.165) is 24.1 Å². The zero-order chi connectivity index (χ0) is 18.9. The van der Waals surface area contributed by atoms with Crippen molar-refractivity contribution in [2.75, 3.05) is 17.3 Å². The lowest BCUT2D eigenvalue weighted by Gasteiger charge is -2.28. The van der Waals surface area contributed by atoms with Crippen LogP contribution in [0.25, 0.3) is 11.5 Å². The summed E-state index contributed by atoms with van der Waals surface area (Å²) in [5.41, 5.74) is 1.72. The molecule has 1 amide bonds. The van der Waals surface area contributed by atoms with Crippen molar-refractivity contribution in [2.45, 2.75) is 37.1 Å². The largest absolute Gasteiger partial charge is 0.444 e. The molecular weight excluding hydrogens is 384 g/mol. The highest BCUT2D eigenvalue weighted by molar-refractivity contribution is 7.99. The summed E-state index contributed by atoms with van der Waals surface area (Å²) in [6, 6.07) is 9.77. The minimum Gasteiger partial charge on any atom is -0.444 e. The van der Waals surface area contributed by atoms with E-state index in [-0.39, 0.29) is 29.5 Å². The van der Waals surface area contributed by atoms with Gasteiger partial charge in [-0.2, -0.15) is 0 Å². The van der Waals surface area contributed by atoms with Crippen molar-refractivity contribution >= 4 is 27.5 Å². The number of carbonyl (C=O) groups excluding carboxylic acids is 1. The zero-order valence-electron chi connectivity index (χ0n) is 14.9. The first-order valence-electron chi connectivity index (χ1n) is 9.11. The van der Waals surface area contributed by atoms with Crippen LogP contribution in [0.2, 0.25) is 0 Å². The molecule has 0 spiro atoms. The lowest BCUT2D eigenvalue weighted by molar-refractivity contribution is -0.130. The molecule has 4 rings (SSSR count). The van der Waals surface area contributed by atoms with Crippen LogP contribution in [0, 0.1) is 0 Å². The molecule has 0 bridgehead atoms. The molecule has 0 radical (unpaired) electrons. The van der Waals surface area contributed by atoms with Gasteiger partial charge in [0.25, 0.3) is 0 Å². The molecule has 1 saturated heterocycles. The second-order valence-electron chi connectivity index (χ2n) is 7.09. The summed E-state index contributed by atoms with van der Waals surface area (Å²) < 4.78 is 29.1. The zero-order valence-corrected chi connectivity index (χ0v) is 16.5. The van der Waals surface area contributed by atoms with Crippen LogP contribution in [-0.2, 0) is 20.4 Å². The number of sulfone groups is 1. The third kappa shape index (κ3) is 4.55. The summed E-state index contributed by atoms with van der Waals surface area (Å²) in [6.07, 6.45) is 4.16. The number of aromatic nitrogens is 1. The topological polar surface area (TPSA) is 80.5 Å². The van der Waals surface area contributed by atoms with E-state index in [2.05, 4.69) is 4.98 Å². The molecule has 1 aliphatic carbocycles. The molecular formula is C19H22N2O4S2. The number of nitrogens with zero attached hydrogens (tertiary/aromatic N) is 2. The van der Waals surface area contributed by atoms with E-state index in [1.54, 1.807) is 6.26 Å². The van der Waals surface area contributed by atoms with Gasteiger partial charge in [0.2, 0.25) is 11.8 Å². The minimum absolute atomic E-state index is 0.0383. The van der Waals surface area contributed by atoms with Crippen molar-refractivity contribution in [3.63, 3.8) is 0 Å². The number of rotatable bonds is 7. The molecule has 2 aromatic rings. The average molecular weight is 407 g/mol. The first kappa shape index (κ1) is 18.6. The van der Waals surface area contributed by atoms with Crippen LogP contribution in [0.5, 0.6) is 0 Å². The van der Waals surface area contributed by atoms with Gasteiger partial charge >= 0.3 is 0 Å². The molecule has 2 heterocycles. The van der Waals surface area contributed by atoms with Crippen molar-refractivity contribution in [3.05, 3.63) is 42.3 Å². The predicted octanol–water partition coefficient (Wildman–Crippen LogP) is 2.75. The molecule has 6 nitrogen and oxygen atoms in total. The predicted molar refractivity (Wildman–Crippen MR) is 105 cm³/mol. The Labute approximate surface area is 163 Å². The van der Waals surface area contributed by atoms with E-state index in [1.165, 1.54) is 11.8 Å². The minimum atomic E-state index is -2.99. The molecule has 144 valence electrons. The summed E-state index contributed by atoms with van der Waals surface area (Å²) in [7, 11) is -2.99. The van der Waals surface area contributed by atoms with E-state index in [0.29, 0.717) is 23.8 Å². The van der Waals surface area contributed by atoms with E-state index in [4.69, 9.17) is 4.42 Å². The number of amides is 1. The Morgan fingerprint density at radius 2 is 1.96 bits per heavy atom. The van der Waals surface area contributed by atoms with Gasteiger partial charge in [-0.1, -0.05) is 18.2 Å². The van der Waals surface area contributed by atoms with Gasteiger partial charge < -0.3 is 9.32 Å². The fourth-order valence-corrected chi connectivity index (χ4v) is 5.94. The Hall–Kier alpha value is -1.80. The monoisotopic (exact) mass is 406 g/mol. The third-order valence-corrected chi connectivity index (χ3v) is 7.58. The first-order chi connectivity index (χ1) is 13.0. The summed E-state index contributed by atoms with van der Waals surface area (Å²) in [6.45, 7) is 0. The highest BCUT2D eigenvalue weighted by Crippen LogP contribution is 2.33. The fourth-order valence-electron chi connectivity index (χ4n) is 3.46. The van der Waals surface area contributed by atoms with Gasteiger partial charge in [-0.25, -0.2) is 13.4 Å². The fraction of sp³-hybridized carbons (Fsp3) is 0.474. The summed E-state index contributed by atoms with van der Waals surface area (Å²) in [5.74, 6) is 1.85. The van der Waals surface area contributed by atoms with E-state index < -0.39 is 9.84 Å². The van der Waals surface area contributed by atoms with Crippen molar-refractivity contribution < 1.29 is 17.6 Å². The number of carbonyl (C=O) groups is 1. The maximum Gasteiger partial charge on any atom is 0.233 e. The van der Waals surface area contributed by atoms with Crippen LogP contribution in [0.3, 0.4) is 0 Å². The van der Waals surface area contributed by atoms with Crippen molar-refractivity contribution in [2.24, 2.45) is 0 Å². The van der Waals surface area contributed by atoms with Gasteiger partial charge in [-0.3, -0.25) is 4.79 Å². The normalized spacial score (nSPS) is 21.3. The Morgan fingerprint density at radius 3 is 2.63 bits per heavy atom. The smallest absolute Gasteiger partial charge is 0.233 e. The van der Waals surface area contributed by atoms with E-state index in [1.807, 2.05) is 35.2 Å². The maximum absolute atomic E-state index is 12.7. The van der Waals surface area contributed by atoms with Crippen molar-refractivity contribution in [3.8, 4) is 11.5 Å². The molecule has 2 aliphatic rings. The number of hydrogen-bond acceptors (Lipinski definition) is 6. The van der Waals surface area contributed by atoms with Gasteiger partial charge in [-0.15, -0.1) is 11.8 Å². The summed E-state index contributed by atoms with van der Waals surface area (Å²) in [4.78, 5) is 19.0. The molecule has 27 heavy (non-hydrogen) atoms. The van der Waals surface area contributed by atoms with Crippen LogP contribution in [0.4, 0.5) is 0 Å². The molecule has 8 heteroatoms. The van der Waals surface area contributed by atoms with Gasteiger partial charge in [0, 0.05) is 23.4 Å². The number of oxazole rings is 1. The first-order valence-corrected chi connectivity index (χ1v) is 12.1. The van der Waals surface area contributed by atoms with Gasteiger partial charge in [-0.05, 0) is 31.4 Å². The molecule has 1 aromatic heterocycles. The van der Waals surface area contributed by atoms with E-state index in [9.17, 15) is 13.2 Å². The van der Waals surface area contributed by atoms with Gasteiger partial charge in [0.1, 0.15) is 6.26 Å². The van der Waals surface area contributed by atoms with Crippen LogP contribution in [0.1, 0.15) is 25.0 Å². The van der Waals surface area contributed by atoms with Crippen LogP contribution >= 0.6 is 11.8 Å². The molecule has 0 N–H and O–H groups in total. The van der Waals surface area contributed by atoms with Crippen LogP contribution < -0.4 is 0 Å². The summed E-state index contributed by atoms with van der Waals surface area (Å²) in [5, 5.41) is 0. The number of thioether (sulfide) groups is 1. The van der Waals surface area contributed by atoms with Gasteiger partial charge in [0.05, 0.1) is 23.0 Å². The Balaban J connectivity index is 1.32. The second kappa shape index (κ2) is 7.67. The average Bonchev–Trinajstić information content (AvgIpc) is 3.25. The molecule has 1 aliphatic heterocycles. The number of hydrogen-bond donors (Lipinski definition) is 0. The number of benzene rings is 1. The van der Waals surface area contributed by atoms with Crippen molar-refractivity contribution in [1.82, 2.24) is 9.88 Å². The second-order valence-corrected chi connectivity index (χ2v) is 10.3. The Kier molecular flexibility index (Phi) is 5.27. The molecule has 1 aromatic carbocycles. The lowest BCUT2D eigenvalue weighted by atomic mass is 10.2. The van der Waals surface area contributed by atoms with Gasteiger partial charge in [0.15, 0.2) is 9.84 Å². The van der Waals surface area contributed by atoms with Crippen molar-refractivity contribution in [1.29, 1.82) is 0 Å². The molecule has 1 saturated carbocycles. The highest BCUT2D eigenvalue weighted by atomic mass is 32.2. The highest BCUT2D eigenvalue weighted by Gasteiger charge is 2.41. The van der Waals surface area contributed by atoms with Crippen LogP contribution in [-0.4, -0.2) is 53.6 Å². The quantitative estimate of drug-likeness (QED) is 0.703. The summed E-state index contributed by atoms with van der Waals surface area (Å²) >= 11 is 1.49. The molecule has 2 fully saturated rings. The maximum atomic E-state index is 12.7. The Bertz CT molecular complexity index is 907. The standard InChI is InChI=1S/C19H22N2O4S2/c22-18(21(16-6-7-16)17-8-9-27(23,24)13-17)12-26-11-15-10-25-19(20-15)14-4-2-1-3-5-14/h1-5,10,16-17H,6-9,11-13H2. The van der Waals surface area contributed by atoms with Crippen LogP contribution in [0.15, 0.2) is 41.0 Å². The van der Waals surface area contributed by atoms with E-state index >= 15 is 0 Å². The third-order valence-electron chi connectivity index (χ3n) is 4.88. The Morgan fingerprint density at radius 1 is 1.19 bits per heavy atom.